The van der Waals surface area contributed by atoms with Gasteiger partial charge >= 0.3 is 0 Å². The summed E-state index contributed by atoms with van der Waals surface area (Å²) in [6.45, 7) is 0. The first kappa shape index (κ1) is 8.96. The van der Waals surface area contributed by atoms with Crippen LogP contribution >= 0.6 is 11.6 Å². The van der Waals surface area contributed by atoms with E-state index in [2.05, 4.69) is 0 Å². The molecule has 0 unspecified atom stereocenters. The number of halogens is 2. The Morgan fingerprint density at radius 3 is 2.75 bits per heavy atom. The van der Waals surface area contributed by atoms with Crippen molar-refractivity contribution >= 4 is 17.5 Å². The highest BCUT2D eigenvalue weighted by Gasteiger charge is 2.08. The third kappa shape index (κ3) is 1.72. The van der Waals surface area contributed by atoms with Crippen LogP contribution in [-0.2, 0) is 0 Å². The van der Waals surface area contributed by atoms with Crippen molar-refractivity contribution in [2.75, 3.05) is 0 Å². The van der Waals surface area contributed by atoms with Gasteiger partial charge in [-0.05, 0) is 18.2 Å². The lowest BCUT2D eigenvalue weighted by molar-refractivity contribution is 0.0706. The minimum atomic E-state index is -0.764. The van der Waals surface area contributed by atoms with E-state index in [9.17, 15) is 9.18 Å². The highest BCUT2D eigenvalue weighted by molar-refractivity contribution is 6.33. The Morgan fingerprint density at radius 1 is 1.58 bits per heavy atom. The van der Waals surface area contributed by atoms with Crippen LogP contribution in [0.1, 0.15) is 10.4 Å². The zero-order valence-electron chi connectivity index (χ0n) is 5.84. The number of hydroxylamine groups is 1. The molecule has 2 N–H and O–H groups in total. The van der Waals surface area contributed by atoms with E-state index in [1.165, 1.54) is 11.5 Å². The Morgan fingerprint density at radius 2 is 2.25 bits per heavy atom. The van der Waals surface area contributed by atoms with E-state index >= 15 is 0 Å². The summed E-state index contributed by atoms with van der Waals surface area (Å²) in [6.07, 6.45) is 0. The molecule has 0 spiro atoms. The van der Waals surface area contributed by atoms with Crippen molar-refractivity contribution in [1.82, 2.24) is 5.48 Å². The van der Waals surface area contributed by atoms with Gasteiger partial charge in [0.25, 0.3) is 5.91 Å². The Kier molecular flexibility index (Phi) is 2.62. The van der Waals surface area contributed by atoms with Crippen LogP contribution in [0.5, 0.6) is 0 Å². The number of carbonyl (C=O) groups excluding carboxylic acids is 1. The molecule has 12 heavy (non-hydrogen) atoms. The molecule has 0 atom stereocenters. The molecule has 0 saturated heterocycles. The SMILES string of the molecule is O=C(NO)c1ccc(F)cc1Cl. The number of benzene rings is 1. The first-order chi connectivity index (χ1) is 5.65. The van der Waals surface area contributed by atoms with E-state index in [-0.39, 0.29) is 10.6 Å². The van der Waals surface area contributed by atoms with Crippen molar-refractivity contribution in [1.29, 1.82) is 0 Å². The van der Waals surface area contributed by atoms with Gasteiger partial charge in [-0.2, -0.15) is 0 Å². The maximum Gasteiger partial charge on any atom is 0.276 e. The summed E-state index contributed by atoms with van der Waals surface area (Å²) in [5.41, 5.74) is 1.42. The molecule has 1 aromatic rings. The molecule has 0 radical (unpaired) electrons. The van der Waals surface area contributed by atoms with E-state index < -0.39 is 11.7 Å². The van der Waals surface area contributed by atoms with Crippen LogP contribution < -0.4 is 5.48 Å². The van der Waals surface area contributed by atoms with Gasteiger partial charge in [0.05, 0.1) is 10.6 Å². The highest BCUT2D eigenvalue weighted by Crippen LogP contribution is 2.16. The third-order valence-corrected chi connectivity index (χ3v) is 1.59. The van der Waals surface area contributed by atoms with E-state index in [0.717, 1.165) is 12.1 Å². The van der Waals surface area contributed by atoms with Gasteiger partial charge in [0.1, 0.15) is 5.82 Å². The van der Waals surface area contributed by atoms with Crippen LogP contribution in [0.25, 0.3) is 0 Å². The minimum absolute atomic E-state index is 0.0283. The number of hydrogen-bond donors (Lipinski definition) is 2. The van der Waals surface area contributed by atoms with Crippen molar-refractivity contribution in [3.8, 4) is 0 Å². The summed E-state index contributed by atoms with van der Waals surface area (Å²) in [5, 5.41) is 8.19. The number of carbonyl (C=O) groups is 1. The Balaban J connectivity index is 3.09. The normalized spacial score (nSPS) is 9.58. The number of rotatable bonds is 1. The largest absolute Gasteiger partial charge is 0.288 e. The van der Waals surface area contributed by atoms with Crippen LogP contribution in [0, 0.1) is 5.82 Å². The second kappa shape index (κ2) is 3.51. The Labute approximate surface area is 72.7 Å². The molecule has 0 aliphatic carbocycles. The van der Waals surface area contributed by atoms with Crippen LogP contribution in [0.15, 0.2) is 18.2 Å². The smallest absolute Gasteiger partial charge is 0.276 e. The molecule has 64 valence electrons. The van der Waals surface area contributed by atoms with Gasteiger partial charge in [-0.3, -0.25) is 10.0 Å². The monoisotopic (exact) mass is 189 g/mol. The fourth-order valence-electron chi connectivity index (χ4n) is 0.734. The summed E-state index contributed by atoms with van der Waals surface area (Å²) >= 11 is 5.49. The quantitative estimate of drug-likeness (QED) is 0.521. The van der Waals surface area contributed by atoms with Crippen LogP contribution in [0.3, 0.4) is 0 Å². The molecule has 1 rings (SSSR count). The van der Waals surface area contributed by atoms with Crippen LogP contribution in [0.4, 0.5) is 4.39 Å². The first-order valence-corrected chi connectivity index (χ1v) is 3.42. The topological polar surface area (TPSA) is 49.3 Å². The van der Waals surface area contributed by atoms with Crippen molar-refractivity contribution in [2.24, 2.45) is 0 Å². The lowest BCUT2D eigenvalue weighted by Gasteiger charge is -2.00. The lowest BCUT2D eigenvalue weighted by Crippen LogP contribution is -2.18. The predicted octanol–water partition coefficient (Wildman–Crippen LogP) is 1.60. The molecule has 1 aromatic carbocycles. The fraction of sp³-hybridized carbons (Fsp3) is 0. The number of amides is 1. The third-order valence-electron chi connectivity index (χ3n) is 1.28. The summed E-state index contributed by atoms with van der Waals surface area (Å²) in [6, 6.07) is 3.26. The van der Waals surface area contributed by atoms with Crippen LogP contribution in [0.2, 0.25) is 5.02 Å². The van der Waals surface area contributed by atoms with Gasteiger partial charge in [0.15, 0.2) is 0 Å². The maximum absolute atomic E-state index is 12.4. The highest BCUT2D eigenvalue weighted by atomic mass is 35.5. The molecule has 0 saturated carbocycles. The second-order valence-electron chi connectivity index (χ2n) is 2.07. The molecule has 0 fully saturated rings. The maximum atomic E-state index is 12.4. The van der Waals surface area contributed by atoms with Crippen molar-refractivity contribution in [2.45, 2.75) is 0 Å². The van der Waals surface area contributed by atoms with E-state index in [1.54, 1.807) is 0 Å². The van der Waals surface area contributed by atoms with Crippen LogP contribution in [-0.4, -0.2) is 11.1 Å². The van der Waals surface area contributed by atoms with E-state index in [1.807, 2.05) is 0 Å². The average molecular weight is 190 g/mol. The van der Waals surface area contributed by atoms with E-state index in [0.29, 0.717) is 0 Å². The van der Waals surface area contributed by atoms with Gasteiger partial charge in [-0.1, -0.05) is 11.6 Å². The molecule has 1 amide bonds. The molecule has 0 aliphatic heterocycles. The first-order valence-electron chi connectivity index (χ1n) is 3.04. The molecule has 3 nitrogen and oxygen atoms in total. The molecule has 0 heterocycles. The minimum Gasteiger partial charge on any atom is -0.288 e. The number of nitrogens with one attached hydrogen (secondary N) is 1. The zero-order chi connectivity index (χ0) is 9.14. The van der Waals surface area contributed by atoms with Crippen molar-refractivity contribution in [3.63, 3.8) is 0 Å². The molecule has 5 heteroatoms. The molecule has 0 aliphatic rings. The van der Waals surface area contributed by atoms with Gasteiger partial charge in [0, 0.05) is 0 Å². The zero-order valence-corrected chi connectivity index (χ0v) is 6.60. The number of hydrogen-bond acceptors (Lipinski definition) is 2. The Bertz CT molecular complexity index is 316. The summed E-state index contributed by atoms with van der Waals surface area (Å²) in [4.78, 5) is 10.8. The van der Waals surface area contributed by atoms with Gasteiger partial charge in [-0.25, -0.2) is 9.87 Å². The fourth-order valence-corrected chi connectivity index (χ4v) is 0.987. The molecule has 0 bridgehead atoms. The predicted molar refractivity (Wildman–Crippen MR) is 40.7 cm³/mol. The van der Waals surface area contributed by atoms with E-state index in [4.69, 9.17) is 16.8 Å². The van der Waals surface area contributed by atoms with Gasteiger partial charge < -0.3 is 0 Å². The summed E-state index contributed by atoms with van der Waals surface area (Å²) < 4.78 is 12.4. The van der Waals surface area contributed by atoms with Gasteiger partial charge in [0.2, 0.25) is 0 Å². The Hall–Kier alpha value is -1.13. The standard InChI is InChI=1S/C7H5ClFNO2/c8-6-3-4(9)1-2-5(6)7(11)10-12/h1-3,12H,(H,10,11). The molecular weight excluding hydrogens is 185 g/mol. The molecular formula is C7H5ClFNO2. The average Bonchev–Trinajstić information content (AvgIpc) is 2.03. The second-order valence-corrected chi connectivity index (χ2v) is 2.47. The van der Waals surface area contributed by atoms with Crippen molar-refractivity contribution < 1.29 is 14.4 Å². The summed E-state index contributed by atoms with van der Waals surface area (Å²) in [5.74, 6) is -1.30. The lowest BCUT2D eigenvalue weighted by atomic mass is 10.2. The van der Waals surface area contributed by atoms with Crippen molar-refractivity contribution in [3.05, 3.63) is 34.6 Å². The summed E-state index contributed by atoms with van der Waals surface area (Å²) in [7, 11) is 0. The van der Waals surface area contributed by atoms with Gasteiger partial charge in [-0.15, -0.1) is 0 Å². The molecule has 0 aromatic heterocycles.